The Balaban J connectivity index is 1.80. The molecule has 5 N–H and O–H groups in total. The molecule has 1 amide bonds. The van der Waals surface area contributed by atoms with Crippen LogP contribution in [0, 0.1) is 0 Å². The van der Waals surface area contributed by atoms with Crippen molar-refractivity contribution in [2.75, 3.05) is 26.4 Å². The minimum atomic E-state index is -0.562. The van der Waals surface area contributed by atoms with E-state index in [4.69, 9.17) is 10.5 Å². The van der Waals surface area contributed by atoms with Crippen LogP contribution in [0.2, 0.25) is 0 Å². The quantitative estimate of drug-likeness (QED) is 0.258. The molecule has 0 unspecified atom stereocenters. The Morgan fingerprint density at radius 3 is 2.90 bits per heavy atom. The van der Waals surface area contributed by atoms with Crippen LogP contribution in [0.25, 0.3) is 5.82 Å². The molecule has 13 heteroatoms. The van der Waals surface area contributed by atoms with Crippen molar-refractivity contribution in [1.82, 2.24) is 30.7 Å². The second-order valence-corrected chi connectivity index (χ2v) is 6.51. The molecule has 0 aliphatic carbocycles. The topological polar surface area (TPSA) is 171 Å². The van der Waals surface area contributed by atoms with Crippen molar-refractivity contribution in [3.8, 4) is 17.3 Å². The van der Waals surface area contributed by atoms with E-state index >= 15 is 0 Å². The van der Waals surface area contributed by atoms with Crippen molar-refractivity contribution < 1.29 is 24.2 Å². The summed E-state index contributed by atoms with van der Waals surface area (Å²) in [4.78, 5) is 13.6. The number of nitrogen functional groups attached to an aromatic ring is 1. The first-order chi connectivity index (χ1) is 14.4. The molecule has 13 nitrogen and oxygen atoms in total. The zero-order valence-electron chi connectivity index (χ0n) is 16.7. The average Bonchev–Trinajstić information content (AvgIpc) is 3.29. The van der Waals surface area contributed by atoms with Gasteiger partial charge >= 0.3 is 0 Å². The van der Waals surface area contributed by atoms with Crippen molar-refractivity contribution in [3.05, 3.63) is 35.2 Å². The van der Waals surface area contributed by atoms with Gasteiger partial charge in [-0.3, -0.25) is 4.79 Å². The summed E-state index contributed by atoms with van der Waals surface area (Å²) >= 11 is 0. The maximum absolute atomic E-state index is 12.6. The zero-order valence-corrected chi connectivity index (χ0v) is 16.7. The third-order valence-electron chi connectivity index (χ3n) is 3.86. The van der Waals surface area contributed by atoms with Gasteiger partial charge in [-0.15, -0.1) is 5.10 Å². The lowest BCUT2D eigenvalue weighted by Gasteiger charge is -2.09. The molecule has 3 rings (SSSR count). The lowest BCUT2D eigenvalue weighted by Crippen LogP contribution is -3.04. The van der Waals surface area contributed by atoms with Gasteiger partial charge in [-0.25, -0.2) is 10.1 Å². The highest BCUT2D eigenvalue weighted by atomic mass is 16.6. The number of aromatic hydroxyl groups is 1. The monoisotopic (exact) mass is 416 g/mol. The van der Waals surface area contributed by atoms with Crippen LogP contribution in [0.3, 0.4) is 0 Å². The van der Waals surface area contributed by atoms with Crippen molar-refractivity contribution in [2.45, 2.75) is 13.5 Å². The van der Waals surface area contributed by atoms with Crippen LogP contribution < -0.4 is 20.8 Å². The molecule has 158 valence electrons. The van der Waals surface area contributed by atoms with Crippen molar-refractivity contribution >= 4 is 17.9 Å². The Hall–Kier alpha value is -4.00. The van der Waals surface area contributed by atoms with Gasteiger partial charge in [-0.1, -0.05) is 5.21 Å². The highest BCUT2D eigenvalue weighted by Gasteiger charge is 2.25. The Morgan fingerprint density at radius 1 is 1.43 bits per heavy atom. The van der Waals surface area contributed by atoms with E-state index in [2.05, 4.69) is 35.8 Å². The molecular formula is C17H22N9O4+. The number of anilines is 1. The predicted molar refractivity (Wildman–Crippen MR) is 104 cm³/mol. The maximum atomic E-state index is 12.6. The molecule has 30 heavy (non-hydrogen) atoms. The number of nitrogens with one attached hydrogen (secondary N) is 2. The van der Waals surface area contributed by atoms with E-state index in [1.54, 1.807) is 12.1 Å². The minimum absolute atomic E-state index is 0.0205. The molecule has 0 bridgehead atoms. The summed E-state index contributed by atoms with van der Waals surface area (Å²) in [5, 5.41) is 28.8. The van der Waals surface area contributed by atoms with Gasteiger partial charge in [0.2, 0.25) is 11.6 Å². The number of ether oxygens (including phenoxy) is 1. The molecule has 0 saturated heterocycles. The number of aromatic nitrogens is 5. The Morgan fingerprint density at radius 2 is 2.23 bits per heavy atom. The van der Waals surface area contributed by atoms with Crippen LogP contribution >= 0.6 is 0 Å². The van der Waals surface area contributed by atoms with E-state index in [-0.39, 0.29) is 23.1 Å². The molecule has 0 aliphatic rings. The highest BCUT2D eigenvalue weighted by molar-refractivity contribution is 5.94. The summed E-state index contributed by atoms with van der Waals surface area (Å²) in [5.74, 6) is -0.0448. The van der Waals surface area contributed by atoms with Gasteiger partial charge in [0, 0.05) is 0 Å². The number of nitrogens with zero attached hydrogens (tertiary/aromatic N) is 6. The second-order valence-electron chi connectivity index (χ2n) is 6.51. The molecule has 0 spiro atoms. The van der Waals surface area contributed by atoms with Gasteiger partial charge in [0.1, 0.15) is 12.2 Å². The maximum Gasteiger partial charge on any atom is 0.294 e. The van der Waals surface area contributed by atoms with Gasteiger partial charge in [-0.2, -0.15) is 9.78 Å². The molecule has 2 aromatic heterocycles. The van der Waals surface area contributed by atoms with E-state index in [1.165, 1.54) is 17.0 Å². The highest BCUT2D eigenvalue weighted by Crippen LogP contribution is 2.26. The summed E-state index contributed by atoms with van der Waals surface area (Å²) in [6, 6.07) is 4.71. The summed E-state index contributed by atoms with van der Waals surface area (Å²) in [6.45, 7) is 2.62. The minimum Gasteiger partial charge on any atom is -0.504 e. The van der Waals surface area contributed by atoms with Crippen LogP contribution in [0.5, 0.6) is 11.5 Å². The van der Waals surface area contributed by atoms with Crippen molar-refractivity contribution in [2.24, 2.45) is 5.10 Å². The first-order valence-corrected chi connectivity index (χ1v) is 9.02. The normalized spacial score (nSPS) is 11.3. The summed E-state index contributed by atoms with van der Waals surface area (Å²) in [5.41, 5.74) is 9.30. The van der Waals surface area contributed by atoms with Crippen LogP contribution in [-0.2, 0) is 6.54 Å². The molecule has 0 radical (unpaired) electrons. The number of hydrogen-bond acceptors (Lipinski definition) is 10. The van der Waals surface area contributed by atoms with E-state index in [0.29, 0.717) is 30.2 Å². The van der Waals surface area contributed by atoms with Crippen LogP contribution in [0.4, 0.5) is 5.82 Å². The van der Waals surface area contributed by atoms with E-state index in [0.717, 1.165) is 4.90 Å². The fourth-order valence-corrected chi connectivity index (χ4v) is 2.58. The number of hydrazone groups is 1. The van der Waals surface area contributed by atoms with Gasteiger partial charge in [0.05, 0.1) is 26.9 Å². The molecule has 0 aliphatic heterocycles. The number of benzene rings is 1. The fraction of sp³-hybridized carbons (Fsp3) is 0.294. The summed E-state index contributed by atoms with van der Waals surface area (Å²) in [6.07, 6.45) is 1.42. The second kappa shape index (κ2) is 9.00. The van der Waals surface area contributed by atoms with Gasteiger partial charge < -0.3 is 20.5 Å². The predicted octanol–water partition coefficient (Wildman–Crippen LogP) is -1.25. The summed E-state index contributed by atoms with van der Waals surface area (Å²) < 4.78 is 11.2. The first-order valence-electron chi connectivity index (χ1n) is 9.02. The van der Waals surface area contributed by atoms with Crippen LogP contribution in [-0.4, -0.2) is 63.2 Å². The molecule has 0 atom stereocenters. The lowest BCUT2D eigenvalue weighted by atomic mass is 10.2. The zero-order chi connectivity index (χ0) is 21.7. The number of carbonyl (C=O) groups excluding carboxylic acids is 1. The standard InChI is InChI=1S/C17H21N9O4/c1-4-29-13-7-10(5-6-12(13)27)8-19-21-17(28)14-11(9-25(2)3)26(24-20-14)16-15(18)22-30-23-16/h5-8,27H,4,9H2,1-3H3,(H2,18,22)(H,21,28)/p+1. The smallest absolute Gasteiger partial charge is 0.294 e. The number of quaternary nitrogens is 1. The van der Waals surface area contributed by atoms with Crippen molar-refractivity contribution in [1.29, 1.82) is 0 Å². The van der Waals surface area contributed by atoms with E-state index < -0.39 is 5.91 Å². The van der Waals surface area contributed by atoms with Gasteiger partial charge in [-0.05, 0) is 41.0 Å². The van der Waals surface area contributed by atoms with Crippen molar-refractivity contribution in [3.63, 3.8) is 0 Å². The molecular weight excluding hydrogens is 394 g/mol. The first kappa shape index (κ1) is 20.7. The van der Waals surface area contributed by atoms with E-state index in [1.807, 2.05) is 21.0 Å². The van der Waals surface area contributed by atoms with Gasteiger partial charge in [0.25, 0.3) is 5.91 Å². The number of nitrogens with two attached hydrogens (primary N) is 1. The third-order valence-corrected chi connectivity index (χ3v) is 3.86. The molecule has 0 saturated carbocycles. The number of rotatable bonds is 8. The fourth-order valence-electron chi connectivity index (χ4n) is 2.58. The van der Waals surface area contributed by atoms with Crippen LogP contribution in [0.15, 0.2) is 27.9 Å². The number of hydrogen-bond donors (Lipinski definition) is 4. The molecule has 0 fully saturated rings. The largest absolute Gasteiger partial charge is 0.504 e. The van der Waals surface area contributed by atoms with E-state index in [9.17, 15) is 9.90 Å². The SMILES string of the molecule is CCOc1cc(C=NNC(=O)c2nnn(-c3nonc3N)c2C[NH+](C)C)ccc1O. The number of phenolic OH excluding ortho intramolecular Hbond substituents is 1. The van der Waals surface area contributed by atoms with Gasteiger partial charge in [0.15, 0.2) is 17.2 Å². The summed E-state index contributed by atoms with van der Waals surface area (Å²) in [7, 11) is 3.81. The molecule has 2 heterocycles. The number of carbonyl (C=O) groups is 1. The lowest BCUT2D eigenvalue weighted by molar-refractivity contribution is -0.873. The molecule has 1 aromatic carbocycles. The third kappa shape index (κ3) is 4.52. The Kier molecular flexibility index (Phi) is 6.22. The Labute approximate surface area is 171 Å². The van der Waals surface area contributed by atoms with Crippen LogP contribution in [0.1, 0.15) is 28.7 Å². The number of amides is 1. The molecule has 3 aromatic rings. The Bertz CT molecular complexity index is 1060. The number of phenols is 1. The average molecular weight is 416 g/mol.